The van der Waals surface area contributed by atoms with Gasteiger partial charge in [-0.2, -0.15) is 0 Å². The molecule has 1 saturated heterocycles. The Kier molecular flexibility index (Phi) is 4.11. The van der Waals surface area contributed by atoms with Gasteiger partial charge < -0.3 is 15.2 Å². The van der Waals surface area contributed by atoms with Crippen molar-refractivity contribution >= 4 is 5.91 Å². The summed E-state index contributed by atoms with van der Waals surface area (Å²) < 4.78 is 4.93. The van der Waals surface area contributed by atoms with E-state index in [1.54, 1.807) is 0 Å². The maximum atomic E-state index is 11.7. The van der Waals surface area contributed by atoms with Gasteiger partial charge in [0.05, 0.1) is 13.1 Å². The van der Waals surface area contributed by atoms with E-state index in [2.05, 4.69) is 20.7 Å². The molecule has 0 bridgehead atoms. The molecular weight excluding hydrogens is 220 g/mol. The molecule has 1 aromatic rings. The van der Waals surface area contributed by atoms with E-state index in [0.29, 0.717) is 13.1 Å². The molecule has 0 saturated carbocycles. The van der Waals surface area contributed by atoms with E-state index < -0.39 is 0 Å². The second kappa shape index (κ2) is 5.79. The minimum absolute atomic E-state index is 0.0348. The molecule has 0 unspecified atom stereocenters. The second-order valence-corrected chi connectivity index (χ2v) is 4.23. The number of carbonyl (C=O) groups is 1. The summed E-state index contributed by atoms with van der Waals surface area (Å²) in [6, 6.07) is 1.82. The van der Waals surface area contributed by atoms with Crippen LogP contribution >= 0.6 is 0 Å². The van der Waals surface area contributed by atoms with Gasteiger partial charge in [-0.25, -0.2) is 0 Å². The minimum Gasteiger partial charge on any atom is -0.361 e. The van der Waals surface area contributed by atoms with Gasteiger partial charge in [-0.05, 0) is 6.92 Å². The normalized spacial score (nSPS) is 17.0. The zero-order valence-electron chi connectivity index (χ0n) is 10.0. The Morgan fingerprint density at radius 3 is 3.00 bits per heavy atom. The summed E-state index contributed by atoms with van der Waals surface area (Å²) in [6.45, 7) is 6.48. The van der Waals surface area contributed by atoms with Crippen LogP contribution in [0.3, 0.4) is 0 Å². The first-order valence-electron chi connectivity index (χ1n) is 5.86. The number of hydrogen-bond acceptors (Lipinski definition) is 5. The van der Waals surface area contributed by atoms with Crippen LogP contribution in [-0.2, 0) is 11.3 Å². The Bertz CT molecular complexity index is 371. The van der Waals surface area contributed by atoms with E-state index in [1.165, 1.54) is 0 Å². The van der Waals surface area contributed by atoms with Crippen molar-refractivity contribution in [2.24, 2.45) is 0 Å². The molecule has 0 aromatic carbocycles. The van der Waals surface area contributed by atoms with Gasteiger partial charge in [0.2, 0.25) is 5.91 Å². The molecule has 2 heterocycles. The van der Waals surface area contributed by atoms with E-state index in [1.807, 2.05) is 13.0 Å². The number of carbonyl (C=O) groups excluding carboxylic acids is 1. The number of amides is 1. The van der Waals surface area contributed by atoms with Gasteiger partial charge in [0, 0.05) is 32.2 Å². The Labute approximate surface area is 100 Å². The third kappa shape index (κ3) is 3.83. The number of hydrogen-bond donors (Lipinski definition) is 2. The lowest BCUT2D eigenvalue weighted by molar-refractivity contribution is -0.122. The smallest absolute Gasteiger partial charge is 0.234 e. The first-order chi connectivity index (χ1) is 8.24. The number of rotatable bonds is 4. The topological polar surface area (TPSA) is 70.4 Å². The predicted octanol–water partition coefficient (Wildman–Crippen LogP) is -0.496. The van der Waals surface area contributed by atoms with Gasteiger partial charge in [0.15, 0.2) is 0 Å². The standard InChI is InChI=1S/C11H18N4O2/c1-9-6-10(14-17-9)7-13-11(16)8-15-4-2-12-3-5-15/h6,12H,2-5,7-8H2,1H3,(H,13,16). The molecule has 1 amide bonds. The van der Waals surface area contributed by atoms with Crippen LogP contribution in [0.2, 0.25) is 0 Å². The predicted molar refractivity (Wildman–Crippen MR) is 62.4 cm³/mol. The SMILES string of the molecule is Cc1cc(CNC(=O)CN2CCNCC2)no1. The summed E-state index contributed by atoms with van der Waals surface area (Å²) in [7, 11) is 0. The van der Waals surface area contributed by atoms with Crippen LogP contribution in [0.15, 0.2) is 10.6 Å². The minimum atomic E-state index is 0.0348. The van der Waals surface area contributed by atoms with Crippen molar-refractivity contribution < 1.29 is 9.32 Å². The van der Waals surface area contributed by atoms with Crippen LogP contribution < -0.4 is 10.6 Å². The van der Waals surface area contributed by atoms with Crippen molar-refractivity contribution in [3.05, 3.63) is 17.5 Å². The molecule has 0 aliphatic carbocycles. The van der Waals surface area contributed by atoms with Crippen LogP contribution in [0.4, 0.5) is 0 Å². The van der Waals surface area contributed by atoms with Gasteiger partial charge >= 0.3 is 0 Å². The maximum Gasteiger partial charge on any atom is 0.234 e. The van der Waals surface area contributed by atoms with Crippen molar-refractivity contribution in [3.8, 4) is 0 Å². The molecule has 0 radical (unpaired) electrons. The highest BCUT2D eigenvalue weighted by Crippen LogP contribution is 2.00. The summed E-state index contributed by atoms with van der Waals surface area (Å²) >= 11 is 0. The average molecular weight is 238 g/mol. The fraction of sp³-hybridized carbons (Fsp3) is 0.636. The molecule has 0 spiro atoms. The highest BCUT2D eigenvalue weighted by atomic mass is 16.5. The molecule has 2 rings (SSSR count). The van der Waals surface area contributed by atoms with Gasteiger partial charge in [0.1, 0.15) is 11.5 Å². The molecule has 6 nitrogen and oxygen atoms in total. The molecule has 6 heteroatoms. The lowest BCUT2D eigenvalue weighted by Gasteiger charge is -2.26. The van der Waals surface area contributed by atoms with E-state index in [-0.39, 0.29) is 5.91 Å². The summed E-state index contributed by atoms with van der Waals surface area (Å²) in [6.07, 6.45) is 0. The monoisotopic (exact) mass is 238 g/mol. The zero-order valence-corrected chi connectivity index (χ0v) is 10.0. The van der Waals surface area contributed by atoms with Crippen molar-refractivity contribution in [2.75, 3.05) is 32.7 Å². The second-order valence-electron chi connectivity index (χ2n) is 4.23. The van der Waals surface area contributed by atoms with Crippen molar-refractivity contribution in [2.45, 2.75) is 13.5 Å². The number of nitrogens with zero attached hydrogens (tertiary/aromatic N) is 2. The van der Waals surface area contributed by atoms with E-state index >= 15 is 0 Å². The molecule has 0 atom stereocenters. The van der Waals surface area contributed by atoms with E-state index in [0.717, 1.165) is 37.6 Å². The van der Waals surface area contributed by atoms with Crippen molar-refractivity contribution in [1.29, 1.82) is 0 Å². The van der Waals surface area contributed by atoms with Gasteiger partial charge in [-0.15, -0.1) is 0 Å². The van der Waals surface area contributed by atoms with Crippen molar-refractivity contribution in [1.82, 2.24) is 20.7 Å². The maximum absolute atomic E-state index is 11.7. The van der Waals surface area contributed by atoms with Gasteiger partial charge in [0.25, 0.3) is 0 Å². The average Bonchev–Trinajstić information content (AvgIpc) is 2.74. The molecule has 1 fully saturated rings. The van der Waals surface area contributed by atoms with Crippen molar-refractivity contribution in [3.63, 3.8) is 0 Å². The third-order valence-electron chi connectivity index (χ3n) is 2.72. The molecule has 94 valence electrons. The molecule has 2 N–H and O–H groups in total. The molecule has 1 aromatic heterocycles. The highest BCUT2D eigenvalue weighted by Gasteiger charge is 2.13. The first-order valence-corrected chi connectivity index (χ1v) is 5.86. The number of aromatic nitrogens is 1. The molecule has 1 aliphatic heterocycles. The van der Waals surface area contributed by atoms with Gasteiger partial charge in [-0.3, -0.25) is 9.69 Å². The molecule has 1 aliphatic rings. The van der Waals surface area contributed by atoms with Crippen LogP contribution in [-0.4, -0.2) is 48.7 Å². The molecular formula is C11H18N4O2. The Balaban J connectivity index is 1.70. The lowest BCUT2D eigenvalue weighted by atomic mass is 10.3. The Morgan fingerprint density at radius 1 is 1.59 bits per heavy atom. The third-order valence-corrected chi connectivity index (χ3v) is 2.72. The summed E-state index contributed by atoms with van der Waals surface area (Å²) in [5, 5.41) is 9.91. The van der Waals surface area contributed by atoms with Crippen LogP contribution in [0.25, 0.3) is 0 Å². The first kappa shape index (κ1) is 12.1. The summed E-state index contributed by atoms with van der Waals surface area (Å²) in [5.41, 5.74) is 0.760. The Hall–Kier alpha value is -1.40. The quantitative estimate of drug-likeness (QED) is 0.740. The molecule has 17 heavy (non-hydrogen) atoms. The van der Waals surface area contributed by atoms with E-state index in [9.17, 15) is 4.79 Å². The summed E-state index contributed by atoms with van der Waals surface area (Å²) in [5.74, 6) is 0.795. The largest absolute Gasteiger partial charge is 0.361 e. The summed E-state index contributed by atoms with van der Waals surface area (Å²) in [4.78, 5) is 13.8. The number of nitrogens with one attached hydrogen (secondary N) is 2. The van der Waals surface area contributed by atoms with Crippen LogP contribution in [0.1, 0.15) is 11.5 Å². The number of aryl methyl sites for hydroxylation is 1. The van der Waals surface area contributed by atoms with Gasteiger partial charge in [-0.1, -0.05) is 5.16 Å². The van der Waals surface area contributed by atoms with E-state index in [4.69, 9.17) is 4.52 Å². The fourth-order valence-corrected chi connectivity index (χ4v) is 1.82. The van der Waals surface area contributed by atoms with Crippen LogP contribution in [0, 0.1) is 6.92 Å². The lowest BCUT2D eigenvalue weighted by Crippen LogP contribution is -2.47. The Morgan fingerprint density at radius 2 is 2.35 bits per heavy atom. The van der Waals surface area contributed by atoms with Crippen LogP contribution in [0.5, 0.6) is 0 Å². The highest BCUT2D eigenvalue weighted by molar-refractivity contribution is 5.77. The zero-order chi connectivity index (χ0) is 12.1. The number of piperazine rings is 1. The fourth-order valence-electron chi connectivity index (χ4n) is 1.82.